The minimum absolute atomic E-state index is 0.0142. The number of carboxylic acid groups (broad SMARTS) is 1. The van der Waals surface area contributed by atoms with Gasteiger partial charge in [-0.3, -0.25) is 4.79 Å². The highest BCUT2D eigenvalue weighted by atomic mass is 35.5. The molecular formula is C22H28ClFO5. The lowest BCUT2D eigenvalue weighted by Gasteiger charge is -2.63. The zero-order valence-corrected chi connectivity index (χ0v) is 17.8. The van der Waals surface area contributed by atoms with Gasteiger partial charge >= 0.3 is 5.97 Å². The maximum atomic E-state index is 17.1. The van der Waals surface area contributed by atoms with E-state index in [1.165, 1.54) is 12.2 Å². The predicted octanol–water partition coefficient (Wildman–Crippen LogP) is 3.23. The zero-order chi connectivity index (χ0) is 21.7. The van der Waals surface area contributed by atoms with Gasteiger partial charge in [0.1, 0.15) is 0 Å². The van der Waals surface area contributed by atoms with Gasteiger partial charge in [0.2, 0.25) is 0 Å². The van der Waals surface area contributed by atoms with Crippen LogP contribution in [0.2, 0.25) is 0 Å². The molecule has 0 unspecified atom stereocenters. The Morgan fingerprint density at radius 2 is 1.86 bits per heavy atom. The second-order valence-electron chi connectivity index (χ2n) is 10.1. The Kier molecular flexibility index (Phi) is 4.29. The van der Waals surface area contributed by atoms with Crippen LogP contribution < -0.4 is 0 Å². The van der Waals surface area contributed by atoms with Gasteiger partial charge in [0, 0.05) is 16.7 Å². The highest BCUT2D eigenvalue weighted by Crippen LogP contribution is 2.71. The molecule has 0 heterocycles. The molecule has 0 spiro atoms. The SMILES string of the molecule is C[C@@H]1C[C@H]2[C@@H]3C[C@H](C)C4=C(Cl)C(=O)C=C[C@]4(C)[C@@]3(F)[C@@H](O)C[C@]2(C)[C@@]1(O)C(=O)O. The fourth-order valence-corrected chi connectivity index (χ4v) is 7.96. The van der Waals surface area contributed by atoms with Crippen molar-refractivity contribution in [2.75, 3.05) is 0 Å². The first-order valence-electron chi connectivity index (χ1n) is 10.2. The van der Waals surface area contributed by atoms with E-state index in [1.54, 1.807) is 20.8 Å². The molecule has 0 aromatic carbocycles. The molecule has 29 heavy (non-hydrogen) atoms. The topological polar surface area (TPSA) is 94.8 Å². The molecule has 4 aliphatic rings. The molecule has 4 rings (SSSR count). The van der Waals surface area contributed by atoms with E-state index in [-0.39, 0.29) is 23.2 Å². The third-order valence-electron chi connectivity index (χ3n) is 8.94. The summed E-state index contributed by atoms with van der Waals surface area (Å²) in [5.41, 5.74) is -6.06. The van der Waals surface area contributed by atoms with Crippen LogP contribution in [-0.2, 0) is 9.59 Å². The Labute approximate surface area is 174 Å². The average Bonchev–Trinajstić information content (AvgIpc) is 2.83. The van der Waals surface area contributed by atoms with Gasteiger partial charge in [-0.1, -0.05) is 38.4 Å². The smallest absolute Gasteiger partial charge is 0.336 e. The zero-order valence-electron chi connectivity index (χ0n) is 17.1. The number of aliphatic hydroxyl groups is 2. The number of aliphatic carboxylic acids is 1. The Hall–Kier alpha value is -1.24. The van der Waals surface area contributed by atoms with Crippen LogP contribution in [0.3, 0.4) is 0 Å². The van der Waals surface area contributed by atoms with E-state index in [9.17, 15) is 24.9 Å². The summed E-state index contributed by atoms with van der Waals surface area (Å²) in [6, 6.07) is 0. The van der Waals surface area contributed by atoms with Gasteiger partial charge in [-0.2, -0.15) is 0 Å². The van der Waals surface area contributed by atoms with E-state index >= 15 is 4.39 Å². The predicted molar refractivity (Wildman–Crippen MR) is 105 cm³/mol. The summed E-state index contributed by atoms with van der Waals surface area (Å²) < 4.78 is 17.1. The number of alkyl halides is 1. The largest absolute Gasteiger partial charge is 0.479 e. The third kappa shape index (κ3) is 2.13. The number of carbonyl (C=O) groups is 2. The Bertz CT molecular complexity index is 869. The number of allylic oxidation sites excluding steroid dienone is 4. The van der Waals surface area contributed by atoms with Crippen LogP contribution in [0.25, 0.3) is 0 Å². The number of hydrogen-bond donors (Lipinski definition) is 3. The van der Waals surface area contributed by atoms with E-state index in [2.05, 4.69) is 0 Å². The van der Waals surface area contributed by atoms with Crippen LogP contribution in [0.5, 0.6) is 0 Å². The molecule has 5 nitrogen and oxygen atoms in total. The third-order valence-corrected chi connectivity index (χ3v) is 9.33. The van der Waals surface area contributed by atoms with Gasteiger partial charge in [-0.25, -0.2) is 9.18 Å². The molecular weight excluding hydrogens is 399 g/mol. The first-order valence-corrected chi connectivity index (χ1v) is 10.6. The second-order valence-corrected chi connectivity index (χ2v) is 10.5. The van der Waals surface area contributed by atoms with E-state index in [4.69, 9.17) is 11.6 Å². The molecule has 4 aliphatic carbocycles. The Morgan fingerprint density at radius 1 is 1.24 bits per heavy atom. The van der Waals surface area contributed by atoms with Gasteiger partial charge in [0.25, 0.3) is 0 Å². The van der Waals surface area contributed by atoms with E-state index in [0.717, 1.165) is 0 Å². The first kappa shape index (κ1) is 21.0. The number of aliphatic hydroxyl groups excluding tert-OH is 1. The lowest BCUT2D eigenvalue weighted by atomic mass is 9.43. The van der Waals surface area contributed by atoms with Crippen molar-refractivity contribution < 1.29 is 29.3 Å². The Morgan fingerprint density at radius 3 is 2.45 bits per heavy atom. The Balaban J connectivity index is 1.91. The van der Waals surface area contributed by atoms with Crippen molar-refractivity contribution in [2.45, 2.75) is 64.3 Å². The number of rotatable bonds is 1. The highest BCUT2D eigenvalue weighted by Gasteiger charge is 2.76. The summed E-state index contributed by atoms with van der Waals surface area (Å²) in [5.74, 6) is -3.56. The summed E-state index contributed by atoms with van der Waals surface area (Å²) in [5, 5.41) is 32.2. The maximum absolute atomic E-state index is 17.1. The second kappa shape index (κ2) is 5.92. The molecule has 0 aromatic rings. The molecule has 3 N–H and O–H groups in total. The van der Waals surface area contributed by atoms with Crippen molar-refractivity contribution >= 4 is 23.4 Å². The molecule has 0 saturated heterocycles. The first-order chi connectivity index (χ1) is 13.3. The molecule has 160 valence electrons. The van der Waals surface area contributed by atoms with E-state index in [0.29, 0.717) is 18.4 Å². The van der Waals surface area contributed by atoms with Crippen molar-refractivity contribution in [3.05, 3.63) is 22.8 Å². The fourth-order valence-electron chi connectivity index (χ4n) is 7.51. The molecule has 7 heteroatoms. The van der Waals surface area contributed by atoms with Crippen molar-refractivity contribution in [2.24, 2.45) is 34.5 Å². The summed E-state index contributed by atoms with van der Waals surface area (Å²) in [4.78, 5) is 24.2. The number of carbonyl (C=O) groups excluding carboxylic acids is 1. The van der Waals surface area contributed by atoms with Crippen LogP contribution in [-0.4, -0.2) is 44.4 Å². The van der Waals surface area contributed by atoms with Crippen LogP contribution in [0.4, 0.5) is 4.39 Å². The molecule has 0 amide bonds. The van der Waals surface area contributed by atoms with Crippen LogP contribution in [0.1, 0.15) is 47.0 Å². The molecule has 0 bridgehead atoms. The lowest BCUT2D eigenvalue weighted by molar-refractivity contribution is -0.228. The van der Waals surface area contributed by atoms with E-state index in [1.807, 2.05) is 6.92 Å². The highest BCUT2D eigenvalue weighted by molar-refractivity contribution is 6.45. The summed E-state index contributed by atoms with van der Waals surface area (Å²) >= 11 is 6.33. The standard InChI is InChI=1S/C22H28ClFO5/c1-10-7-13-12-8-11(2)22(29,18(27)28)20(12,4)9-15(26)21(13,24)19(3)6-5-14(25)17(23)16(10)19/h5-6,10-13,15,26,29H,7-9H2,1-4H3,(H,27,28)/t10-,11+,12-,13-,15-,19-,20-,21-,22-/m0/s1. The fraction of sp³-hybridized carbons (Fsp3) is 0.727. The van der Waals surface area contributed by atoms with E-state index < -0.39 is 51.9 Å². The summed E-state index contributed by atoms with van der Waals surface area (Å²) in [6.45, 7) is 6.91. The van der Waals surface area contributed by atoms with Gasteiger partial charge in [0.15, 0.2) is 17.1 Å². The molecule has 3 saturated carbocycles. The van der Waals surface area contributed by atoms with Crippen LogP contribution >= 0.6 is 11.6 Å². The van der Waals surface area contributed by atoms with Gasteiger partial charge in [-0.05, 0) is 55.6 Å². The number of fused-ring (bicyclic) bond motifs is 5. The quantitative estimate of drug-likeness (QED) is 0.598. The average molecular weight is 427 g/mol. The molecule has 0 radical (unpaired) electrons. The molecule has 3 fully saturated rings. The number of hydrogen-bond acceptors (Lipinski definition) is 4. The number of carboxylic acids is 1. The van der Waals surface area contributed by atoms with Gasteiger partial charge < -0.3 is 15.3 Å². The summed E-state index contributed by atoms with van der Waals surface area (Å²) in [7, 11) is 0. The molecule has 0 aromatic heterocycles. The number of halogens is 2. The van der Waals surface area contributed by atoms with Crippen molar-refractivity contribution in [1.29, 1.82) is 0 Å². The normalized spacial score (nSPS) is 54.1. The monoisotopic (exact) mass is 426 g/mol. The minimum atomic E-state index is -2.11. The van der Waals surface area contributed by atoms with Gasteiger partial charge in [0.05, 0.1) is 11.1 Å². The molecule has 0 aliphatic heterocycles. The minimum Gasteiger partial charge on any atom is -0.479 e. The van der Waals surface area contributed by atoms with Crippen LogP contribution in [0, 0.1) is 34.5 Å². The number of ketones is 1. The van der Waals surface area contributed by atoms with Gasteiger partial charge in [-0.15, -0.1) is 0 Å². The summed E-state index contributed by atoms with van der Waals surface area (Å²) in [6.07, 6.45) is 1.81. The van der Waals surface area contributed by atoms with Crippen molar-refractivity contribution in [3.8, 4) is 0 Å². The van der Waals surface area contributed by atoms with Crippen molar-refractivity contribution in [3.63, 3.8) is 0 Å². The van der Waals surface area contributed by atoms with Crippen LogP contribution in [0.15, 0.2) is 22.8 Å². The maximum Gasteiger partial charge on any atom is 0.336 e. The lowest BCUT2D eigenvalue weighted by Crippen LogP contribution is -2.70. The molecule has 9 atom stereocenters. The van der Waals surface area contributed by atoms with Crippen molar-refractivity contribution in [1.82, 2.24) is 0 Å².